The molecule has 0 spiro atoms. The number of hydrogen-bond donors (Lipinski definition) is 0. The molecular formula is C6H13IO3. The van der Waals surface area contributed by atoms with E-state index in [9.17, 15) is 6.87 Å². The van der Waals surface area contributed by atoms with Gasteiger partial charge in [-0.1, -0.05) is 26.2 Å². The molecular weight excluding hydrogens is 247 g/mol. The highest BCUT2D eigenvalue weighted by Crippen LogP contribution is 1.96. The largest absolute Gasteiger partial charge is 0.506 e. The van der Waals surface area contributed by atoms with E-state index in [1.165, 1.54) is 0 Å². The maximum absolute atomic E-state index is 9.94. The summed E-state index contributed by atoms with van der Waals surface area (Å²) in [5.74, 6) is 0. The highest BCUT2D eigenvalue weighted by Gasteiger charge is 2.09. The van der Waals surface area contributed by atoms with Crippen molar-refractivity contribution in [1.82, 2.24) is 0 Å². The molecule has 0 saturated carbocycles. The van der Waals surface area contributed by atoms with Crippen LogP contribution in [0.5, 0.6) is 0 Å². The highest BCUT2D eigenvalue weighted by atomic mass is 127. The van der Waals surface area contributed by atoms with Crippen LogP contribution in [0.15, 0.2) is 0 Å². The summed E-state index contributed by atoms with van der Waals surface area (Å²) in [6, 6.07) is 0. The molecule has 0 heterocycles. The van der Waals surface area contributed by atoms with Gasteiger partial charge in [-0.2, -0.15) is 0 Å². The zero-order valence-corrected chi connectivity index (χ0v) is 8.30. The third-order valence-corrected chi connectivity index (χ3v) is 2.11. The molecule has 0 aromatic heterocycles. The highest BCUT2D eigenvalue weighted by molar-refractivity contribution is 4.36. The van der Waals surface area contributed by atoms with E-state index in [2.05, 4.69) is 9.99 Å². The minimum absolute atomic E-state index is 0.387. The van der Waals surface area contributed by atoms with Crippen molar-refractivity contribution >= 4 is 0 Å². The van der Waals surface area contributed by atoms with E-state index < -0.39 is 21.1 Å². The number of hydrogen-bond acceptors (Lipinski definition) is 3. The number of halogens is 1. The summed E-state index contributed by atoms with van der Waals surface area (Å²) in [5.41, 5.74) is 0. The van der Waals surface area contributed by atoms with Crippen LogP contribution in [0.25, 0.3) is 0 Å². The predicted molar refractivity (Wildman–Crippen MR) is 30.1 cm³/mol. The Morgan fingerprint density at radius 2 is 1.90 bits per heavy atom. The first-order chi connectivity index (χ1) is 4.77. The van der Waals surface area contributed by atoms with E-state index >= 15 is 0 Å². The SMILES string of the molecule is CCCCCCO[I+2]([O-])[O-]. The van der Waals surface area contributed by atoms with Gasteiger partial charge in [0.2, 0.25) is 0 Å². The van der Waals surface area contributed by atoms with Crippen molar-refractivity contribution < 1.29 is 31.0 Å². The Hall–Kier alpha value is 0.610. The second-order valence-corrected chi connectivity index (χ2v) is 3.76. The summed E-state index contributed by atoms with van der Waals surface area (Å²) < 4.78 is 24.3. The van der Waals surface area contributed by atoms with Gasteiger partial charge in [0.15, 0.2) is 0 Å². The fraction of sp³-hybridized carbons (Fsp3) is 1.00. The lowest BCUT2D eigenvalue weighted by molar-refractivity contribution is -1.63. The molecule has 4 heteroatoms. The van der Waals surface area contributed by atoms with E-state index in [0.717, 1.165) is 25.7 Å². The van der Waals surface area contributed by atoms with Gasteiger partial charge >= 0.3 is 21.1 Å². The standard InChI is InChI=1S/C6H13IO3/c1-2-3-4-5-6-10-7(8)9/h2-6H2,1H3. The fourth-order valence-corrected chi connectivity index (χ4v) is 1.32. The Labute approximate surface area is 70.4 Å². The Balaban J connectivity index is 2.77. The molecule has 0 amide bonds. The van der Waals surface area contributed by atoms with Crippen molar-refractivity contribution in [1.29, 1.82) is 0 Å². The average molecular weight is 260 g/mol. The predicted octanol–water partition coefficient (Wildman–Crippen LogP) is -3.33. The first-order valence-corrected chi connectivity index (χ1v) is 6.10. The second kappa shape index (κ2) is 7.71. The van der Waals surface area contributed by atoms with Crippen LogP contribution in [0.4, 0.5) is 0 Å². The van der Waals surface area contributed by atoms with Crippen LogP contribution in [-0.2, 0) is 3.07 Å². The molecule has 0 N–H and O–H groups in total. The van der Waals surface area contributed by atoms with E-state index in [4.69, 9.17) is 0 Å². The molecule has 62 valence electrons. The lowest BCUT2D eigenvalue weighted by Crippen LogP contribution is -3.99. The summed E-state index contributed by atoms with van der Waals surface area (Å²) in [5, 5.41) is 0. The third kappa shape index (κ3) is 8.61. The first kappa shape index (κ1) is 10.6. The van der Waals surface area contributed by atoms with Crippen LogP contribution < -0.4 is 27.9 Å². The van der Waals surface area contributed by atoms with Gasteiger partial charge in [0, 0.05) is 0 Å². The van der Waals surface area contributed by atoms with E-state index in [1.807, 2.05) is 0 Å². The van der Waals surface area contributed by atoms with E-state index in [0.29, 0.717) is 6.61 Å². The van der Waals surface area contributed by atoms with Gasteiger partial charge in [-0.3, -0.25) is 0 Å². The van der Waals surface area contributed by atoms with Crippen molar-refractivity contribution in [3.8, 4) is 0 Å². The van der Waals surface area contributed by atoms with Crippen molar-refractivity contribution in [2.75, 3.05) is 6.61 Å². The molecule has 0 atom stereocenters. The molecule has 0 radical (unpaired) electrons. The molecule has 10 heavy (non-hydrogen) atoms. The van der Waals surface area contributed by atoms with E-state index in [1.54, 1.807) is 0 Å². The zero-order valence-electron chi connectivity index (χ0n) is 6.14. The Kier molecular flexibility index (Phi) is 8.18. The smallest absolute Gasteiger partial charge is 0.396 e. The van der Waals surface area contributed by atoms with Gasteiger partial charge in [0.05, 0.1) is 0 Å². The van der Waals surface area contributed by atoms with Gasteiger partial charge in [0.25, 0.3) is 0 Å². The molecule has 0 fully saturated rings. The topological polar surface area (TPSA) is 55.3 Å². The minimum atomic E-state index is -3.37. The molecule has 0 aliphatic rings. The van der Waals surface area contributed by atoms with Crippen molar-refractivity contribution in [3.63, 3.8) is 0 Å². The molecule has 0 aliphatic heterocycles. The van der Waals surface area contributed by atoms with Crippen LogP contribution in [0.2, 0.25) is 0 Å². The molecule has 0 aliphatic carbocycles. The Morgan fingerprint density at radius 3 is 2.40 bits per heavy atom. The minimum Gasteiger partial charge on any atom is -0.396 e. The summed E-state index contributed by atoms with van der Waals surface area (Å²) in [6.07, 6.45) is 4.26. The molecule has 0 rings (SSSR count). The molecule has 3 nitrogen and oxygen atoms in total. The van der Waals surface area contributed by atoms with Crippen LogP contribution in [0.3, 0.4) is 0 Å². The van der Waals surface area contributed by atoms with Gasteiger partial charge < -0.3 is 6.87 Å². The maximum atomic E-state index is 9.94. The van der Waals surface area contributed by atoms with Gasteiger partial charge in [-0.25, -0.2) is 0 Å². The molecule has 0 aromatic rings. The molecule has 0 saturated heterocycles. The number of rotatable bonds is 6. The maximum Gasteiger partial charge on any atom is 0.506 e. The summed E-state index contributed by atoms with van der Waals surface area (Å²) >= 11 is -3.37. The second-order valence-electron chi connectivity index (χ2n) is 2.06. The molecule has 0 aromatic carbocycles. The first-order valence-electron chi connectivity index (χ1n) is 3.46. The van der Waals surface area contributed by atoms with Crippen LogP contribution in [0, 0.1) is 0 Å². The lowest BCUT2D eigenvalue weighted by Gasteiger charge is -1.93. The fourth-order valence-electron chi connectivity index (χ4n) is 0.646. The molecule has 0 unspecified atom stereocenters. The van der Waals surface area contributed by atoms with Gasteiger partial charge in [-0.05, 0) is 9.49 Å². The summed E-state index contributed by atoms with van der Waals surface area (Å²) in [6.45, 7) is 2.50. The van der Waals surface area contributed by atoms with Crippen LogP contribution in [0.1, 0.15) is 32.6 Å². The Morgan fingerprint density at radius 1 is 1.20 bits per heavy atom. The third-order valence-electron chi connectivity index (χ3n) is 1.16. The number of unbranched alkanes of at least 4 members (excludes halogenated alkanes) is 3. The molecule has 0 bridgehead atoms. The van der Waals surface area contributed by atoms with Crippen molar-refractivity contribution in [3.05, 3.63) is 0 Å². The Bertz CT molecular complexity index is 68.0. The average Bonchev–Trinajstić information content (AvgIpc) is 1.87. The van der Waals surface area contributed by atoms with Gasteiger partial charge in [-0.15, -0.1) is 0 Å². The quantitative estimate of drug-likeness (QED) is 0.371. The summed E-state index contributed by atoms with van der Waals surface area (Å²) in [4.78, 5) is 0. The normalized spacial score (nSPS) is 10.8. The lowest BCUT2D eigenvalue weighted by atomic mass is 10.2. The zero-order chi connectivity index (χ0) is 7.82. The van der Waals surface area contributed by atoms with E-state index in [-0.39, 0.29) is 0 Å². The monoisotopic (exact) mass is 260 g/mol. The van der Waals surface area contributed by atoms with Crippen molar-refractivity contribution in [2.24, 2.45) is 0 Å². The van der Waals surface area contributed by atoms with Crippen LogP contribution in [-0.4, -0.2) is 6.61 Å². The van der Waals surface area contributed by atoms with Gasteiger partial charge in [0.1, 0.15) is 6.61 Å². The van der Waals surface area contributed by atoms with Crippen molar-refractivity contribution in [2.45, 2.75) is 32.6 Å². The summed E-state index contributed by atoms with van der Waals surface area (Å²) in [7, 11) is 0. The van der Waals surface area contributed by atoms with Crippen LogP contribution >= 0.6 is 0 Å².